The number of rotatable bonds is 5. The summed E-state index contributed by atoms with van der Waals surface area (Å²) in [5.41, 5.74) is 1.79. The number of hydrogen-bond donors (Lipinski definition) is 1. The zero-order chi connectivity index (χ0) is 14.5. The lowest BCUT2D eigenvalue weighted by Gasteiger charge is -2.21. The summed E-state index contributed by atoms with van der Waals surface area (Å²) in [5.74, 6) is 0. The molecule has 0 aliphatic heterocycles. The molecular weight excluding hydrogens is 295 g/mol. The van der Waals surface area contributed by atoms with Gasteiger partial charge in [0.05, 0.1) is 6.10 Å². The molecule has 2 rings (SSSR count). The molecule has 1 atom stereocenters. The molecular formula is C15H16Cl2N2O. The van der Waals surface area contributed by atoms with Crippen LogP contribution in [0.3, 0.4) is 0 Å². The van der Waals surface area contributed by atoms with Crippen LogP contribution in [-0.2, 0) is 6.54 Å². The number of halogens is 2. The predicted molar refractivity (Wildman–Crippen MR) is 82.0 cm³/mol. The number of pyridine rings is 1. The van der Waals surface area contributed by atoms with Crippen LogP contribution >= 0.6 is 23.2 Å². The van der Waals surface area contributed by atoms with Gasteiger partial charge in [0, 0.05) is 18.7 Å². The highest BCUT2D eigenvalue weighted by Gasteiger charge is 2.12. The molecule has 0 fully saturated rings. The lowest BCUT2D eigenvalue weighted by molar-refractivity contribution is 0.124. The number of likely N-dealkylation sites (N-methyl/N-ethyl adjacent to an activating group) is 1. The number of hydrogen-bond acceptors (Lipinski definition) is 3. The van der Waals surface area contributed by atoms with Gasteiger partial charge in [0.25, 0.3) is 0 Å². The van der Waals surface area contributed by atoms with Gasteiger partial charge < -0.3 is 5.11 Å². The van der Waals surface area contributed by atoms with Gasteiger partial charge in [-0.3, -0.25) is 4.90 Å². The molecule has 0 amide bonds. The van der Waals surface area contributed by atoms with Crippen molar-refractivity contribution in [1.82, 2.24) is 9.88 Å². The predicted octanol–water partition coefficient (Wildman–Crippen LogP) is 3.55. The summed E-state index contributed by atoms with van der Waals surface area (Å²) in [4.78, 5) is 6.00. The number of nitrogens with zero attached hydrogens (tertiary/aromatic N) is 2. The normalized spacial score (nSPS) is 12.7. The van der Waals surface area contributed by atoms with E-state index in [4.69, 9.17) is 23.2 Å². The monoisotopic (exact) mass is 310 g/mol. The van der Waals surface area contributed by atoms with Crippen molar-refractivity contribution in [2.45, 2.75) is 12.6 Å². The molecule has 0 radical (unpaired) electrons. The molecule has 0 spiro atoms. The Morgan fingerprint density at radius 3 is 2.50 bits per heavy atom. The molecule has 0 saturated carbocycles. The van der Waals surface area contributed by atoms with E-state index in [-0.39, 0.29) is 0 Å². The highest BCUT2D eigenvalue weighted by Crippen LogP contribution is 2.19. The Morgan fingerprint density at radius 1 is 1.15 bits per heavy atom. The van der Waals surface area contributed by atoms with E-state index >= 15 is 0 Å². The van der Waals surface area contributed by atoms with Crippen molar-refractivity contribution in [3.8, 4) is 0 Å². The van der Waals surface area contributed by atoms with E-state index < -0.39 is 6.10 Å². The summed E-state index contributed by atoms with van der Waals surface area (Å²) in [7, 11) is 1.93. The molecule has 0 unspecified atom stereocenters. The van der Waals surface area contributed by atoms with Crippen molar-refractivity contribution in [3.63, 3.8) is 0 Å². The van der Waals surface area contributed by atoms with E-state index in [0.717, 1.165) is 11.1 Å². The zero-order valence-corrected chi connectivity index (χ0v) is 12.6. The van der Waals surface area contributed by atoms with Crippen LogP contribution in [-0.4, -0.2) is 28.6 Å². The fourth-order valence-electron chi connectivity index (χ4n) is 1.99. The summed E-state index contributed by atoms with van der Waals surface area (Å²) in [6.45, 7) is 1.12. The van der Waals surface area contributed by atoms with E-state index in [9.17, 15) is 5.11 Å². The highest BCUT2D eigenvalue weighted by atomic mass is 35.5. The Hall–Kier alpha value is -1.13. The quantitative estimate of drug-likeness (QED) is 0.858. The second kappa shape index (κ2) is 7.04. The van der Waals surface area contributed by atoms with Crippen LogP contribution in [0.15, 0.2) is 42.5 Å². The van der Waals surface area contributed by atoms with Crippen molar-refractivity contribution in [1.29, 1.82) is 0 Å². The van der Waals surface area contributed by atoms with Crippen LogP contribution < -0.4 is 0 Å². The molecule has 0 aliphatic carbocycles. The van der Waals surface area contributed by atoms with E-state index in [2.05, 4.69) is 4.98 Å². The van der Waals surface area contributed by atoms with E-state index in [1.807, 2.05) is 48.3 Å². The Bertz CT molecular complexity index is 563. The van der Waals surface area contributed by atoms with Crippen LogP contribution in [0.5, 0.6) is 0 Å². The summed E-state index contributed by atoms with van der Waals surface area (Å²) in [5, 5.41) is 11.0. The molecule has 1 aromatic heterocycles. The van der Waals surface area contributed by atoms with Gasteiger partial charge in [-0.1, -0.05) is 59.6 Å². The highest BCUT2D eigenvalue weighted by molar-refractivity contribution is 6.32. The average molecular weight is 311 g/mol. The number of aliphatic hydroxyl groups excluding tert-OH is 1. The lowest BCUT2D eigenvalue weighted by atomic mass is 10.1. The minimum Gasteiger partial charge on any atom is -0.387 e. The van der Waals surface area contributed by atoms with Crippen molar-refractivity contribution < 1.29 is 5.11 Å². The average Bonchev–Trinajstić information content (AvgIpc) is 2.43. The molecule has 1 heterocycles. The van der Waals surface area contributed by atoms with E-state index in [1.54, 1.807) is 6.07 Å². The maximum atomic E-state index is 10.2. The summed E-state index contributed by atoms with van der Waals surface area (Å²) in [6, 6.07) is 13.1. The van der Waals surface area contributed by atoms with Gasteiger partial charge in [0.15, 0.2) is 0 Å². The van der Waals surface area contributed by atoms with Gasteiger partial charge in [-0.2, -0.15) is 0 Å². The molecule has 0 saturated heterocycles. The SMILES string of the molecule is CN(Cc1ccc(Cl)nc1Cl)C[C@@H](O)c1ccccc1. The third-order valence-corrected chi connectivity index (χ3v) is 3.54. The van der Waals surface area contributed by atoms with Gasteiger partial charge in [-0.25, -0.2) is 4.98 Å². The Morgan fingerprint density at radius 2 is 1.85 bits per heavy atom. The summed E-state index contributed by atoms with van der Waals surface area (Å²) in [6.07, 6.45) is -0.528. The van der Waals surface area contributed by atoms with Crippen molar-refractivity contribution in [2.75, 3.05) is 13.6 Å². The molecule has 0 bridgehead atoms. The minimum absolute atomic E-state index is 0.380. The Balaban J connectivity index is 1.97. The Kier molecular flexibility index (Phi) is 5.38. The number of aliphatic hydroxyl groups is 1. The van der Waals surface area contributed by atoms with Crippen LogP contribution in [0.1, 0.15) is 17.2 Å². The second-order valence-electron chi connectivity index (χ2n) is 4.71. The van der Waals surface area contributed by atoms with Gasteiger partial charge in [-0.15, -0.1) is 0 Å². The maximum Gasteiger partial charge on any atom is 0.135 e. The summed E-state index contributed by atoms with van der Waals surface area (Å²) < 4.78 is 0. The Labute approximate surface area is 128 Å². The maximum absolute atomic E-state index is 10.2. The van der Waals surface area contributed by atoms with Gasteiger partial charge in [-0.05, 0) is 18.7 Å². The first kappa shape index (κ1) is 15.3. The fourth-order valence-corrected chi connectivity index (χ4v) is 2.39. The van der Waals surface area contributed by atoms with E-state index in [1.165, 1.54) is 0 Å². The molecule has 2 aromatic rings. The number of aromatic nitrogens is 1. The largest absolute Gasteiger partial charge is 0.387 e. The third kappa shape index (κ3) is 4.18. The molecule has 1 aromatic carbocycles. The van der Waals surface area contributed by atoms with Crippen molar-refractivity contribution in [3.05, 3.63) is 63.9 Å². The van der Waals surface area contributed by atoms with Gasteiger partial charge >= 0.3 is 0 Å². The van der Waals surface area contributed by atoms with Gasteiger partial charge in [0.1, 0.15) is 10.3 Å². The molecule has 3 nitrogen and oxygen atoms in total. The number of benzene rings is 1. The van der Waals surface area contributed by atoms with Crippen LogP contribution in [0.25, 0.3) is 0 Å². The van der Waals surface area contributed by atoms with Crippen LogP contribution in [0, 0.1) is 0 Å². The standard InChI is InChI=1S/C15H16Cl2N2O/c1-19(9-12-7-8-14(16)18-15(12)17)10-13(20)11-5-3-2-4-6-11/h2-8,13,20H,9-10H2,1H3/t13-/m1/s1. The first-order valence-corrected chi connectivity index (χ1v) is 7.04. The fraction of sp³-hybridized carbons (Fsp3) is 0.267. The summed E-state index contributed by atoms with van der Waals surface area (Å²) >= 11 is 11.8. The molecule has 1 N–H and O–H groups in total. The van der Waals surface area contributed by atoms with Crippen molar-refractivity contribution in [2.24, 2.45) is 0 Å². The smallest absolute Gasteiger partial charge is 0.135 e. The molecule has 106 valence electrons. The first-order valence-electron chi connectivity index (χ1n) is 6.28. The lowest BCUT2D eigenvalue weighted by Crippen LogP contribution is -2.24. The zero-order valence-electron chi connectivity index (χ0n) is 11.1. The van der Waals surface area contributed by atoms with Crippen LogP contribution in [0.2, 0.25) is 10.3 Å². The van der Waals surface area contributed by atoms with Gasteiger partial charge in [0.2, 0.25) is 0 Å². The topological polar surface area (TPSA) is 36.4 Å². The van der Waals surface area contributed by atoms with E-state index in [0.29, 0.717) is 23.4 Å². The van der Waals surface area contributed by atoms with Crippen molar-refractivity contribution >= 4 is 23.2 Å². The molecule has 20 heavy (non-hydrogen) atoms. The molecule has 5 heteroatoms. The first-order chi connectivity index (χ1) is 9.56. The second-order valence-corrected chi connectivity index (χ2v) is 5.45. The minimum atomic E-state index is -0.528. The third-order valence-electron chi connectivity index (χ3n) is 3.00. The van der Waals surface area contributed by atoms with Crippen LogP contribution in [0.4, 0.5) is 0 Å². The molecule has 0 aliphatic rings.